The van der Waals surface area contributed by atoms with Gasteiger partial charge in [-0.05, 0) is 25.7 Å². The minimum atomic E-state index is -0.468. The molecule has 0 aromatic heterocycles. The lowest BCUT2D eigenvalue weighted by atomic mass is 9.96. The first kappa shape index (κ1) is 14.8. The van der Waals surface area contributed by atoms with Crippen molar-refractivity contribution < 1.29 is 14.7 Å². The summed E-state index contributed by atoms with van der Waals surface area (Å²) in [6, 6.07) is -0.546. The van der Waals surface area contributed by atoms with Crippen molar-refractivity contribution in [2.24, 2.45) is 17.6 Å². The van der Waals surface area contributed by atoms with Crippen molar-refractivity contribution in [2.75, 3.05) is 19.7 Å². The summed E-state index contributed by atoms with van der Waals surface area (Å²) in [5.41, 5.74) is 5.22. The second-order valence-corrected chi connectivity index (χ2v) is 5.08. The number of hydrogen-bond acceptors (Lipinski definition) is 3. The standard InChI is InChI=1S/C12H23N3O3/c1-8(7-16)9(2)14-11(17)10-4-3-5-15(6-10)12(13)18/h8-10,16H,3-7H2,1-2H3,(H2,13,18)(H,14,17). The van der Waals surface area contributed by atoms with E-state index in [4.69, 9.17) is 10.8 Å². The van der Waals surface area contributed by atoms with Crippen molar-refractivity contribution in [3.63, 3.8) is 0 Å². The van der Waals surface area contributed by atoms with Gasteiger partial charge in [0.25, 0.3) is 0 Å². The molecule has 104 valence electrons. The number of nitrogens with zero attached hydrogens (tertiary/aromatic N) is 1. The Morgan fingerprint density at radius 3 is 2.72 bits per heavy atom. The number of nitrogens with two attached hydrogens (primary N) is 1. The number of rotatable bonds is 4. The van der Waals surface area contributed by atoms with Crippen LogP contribution in [0.25, 0.3) is 0 Å². The molecule has 4 N–H and O–H groups in total. The Kier molecular flexibility index (Phi) is 5.40. The molecule has 1 saturated heterocycles. The zero-order chi connectivity index (χ0) is 13.7. The second-order valence-electron chi connectivity index (χ2n) is 5.08. The van der Waals surface area contributed by atoms with Gasteiger partial charge in [0.1, 0.15) is 0 Å². The lowest BCUT2D eigenvalue weighted by Gasteiger charge is -2.32. The van der Waals surface area contributed by atoms with Gasteiger partial charge in [-0.1, -0.05) is 6.92 Å². The van der Waals surface area contributed by atoms with E-state index in [1.807, 2.05) is 13.8 Å². The Bertz CT molecular complexity index is 309. The fourth-order valence-electron chi connectivity index (χ4n) is 2.03. The smallest absolute Gasteiger partial charge is 0.314 e. The van der Waals surface area contributed by atoms with Crippen LogP contribution in [0.5, 0.6) is 0 Å². The number of urea groups is 1. The molecular weight excluding hydrogens is 234 g/mol. The molecule has 1 fully saturated rings. The lowest BCUT2D eigenvalue weighted by Crippen LogP contribution is -2.49. The zero-order valence-electron chi connectivity index (χ0n) is 11.1. The Labute approximate surface area is 108 Å². The molecule has 0 aromatic rings. The third-order valence-corrected chi connectivity index (χ3v) is 3.62. The van der Waals surface area contributed by atoms with E-state index in [0.29, 0.717) is 13.1 Å². The number of aliphatic hydroxyl groups is 1. The first-order valence-electron chi connectivity index (χ1n) is 6.41. The SMILES string of the molecule is CC(CO)C(C)NC(=O)C1CCCN(C(N)=O)C1. The van der Waals surface area contributed by atoms with E-state index in [1.165, 1.54) is 4.90 Å². The summed E-state index contributed by atoms with van der Waals surface area (Å²) in [5, 5.41) is 11.9. The second kappa shape index (κ2) is 6.58. The van der Waals surface area contributed by atoms with Crippen molar-refractivity contribution in [2.45, 2.75) is 32.7 Å². The molecule has 6 heteroatoms. The number of nitrogens with one attached hydrogen (secondary N) is 1. The molecule has 0 bridgehead atoms. The van der Waals surface area contributed by atoms with Gasteiger partial charge in [0, 0.05) is 25.7 Å². The van der Waals surface area contributed by atoms with Crippen LogP contribution in [0, 0.1) is 11.8 Å². The fourth-order valence-corrected chi connectivity index (χ4v) is 2.03. The van der Waals surface area contributed by atoms with Crippen molar-refractivity contribution in [3.8, 4) is 0 Å². The highest BCUT2D eigenvalue weighted by molar-refractivity contribution is 5.80. The molecule has 1 aliphatic rings. The van der Waals surface area contributed by atoms with Gasteiger partial charge >= 0.3 is 6.03 Å². The average molecular weight is 257 g/mol. The molecule has 0 aromatic carbocycles. The molecule has 3 atom stereocenters. The molecule has 0 radical (unpaired) electrons. The van der Waals surface area contributed by atoms with Crippen molar-refractivity contribution >= 4 is 11.9 Å². The quantitative estimate of drug-likeness (QED) is 0.656. The van der Waals surface area contributed by atoms with Crippen molar-refractivity contribution in [1.29, 1.82) is 0 Å². The summed E-state index contributed by atoms with van der Waals surface area (Å²) in [4.78, 5) is 24.6. The van der Waals surface area contributed by atoms with Crippen LogP contribution >= 0.6 is 0 Å². The van der Waals surface area contributed by atoms with Crippen LogP contribution in [0.3, 0.4) is 0 Å². The molecule has 6 nitrogen and oxygen atoms in total. The molecule has 0 aliphatic carbocycles. The van der Waals surface area contributed by atoms with Crippen LogP contribution in [0.4, 0.5) is 4.79 Å². The van der Waals surface area contributed by atoms with Crippen LogP contribution < -0.4 is 11.1 Å². The molecule has 18 heavy (non-hydrogen) atoms. The van der Waals surface area contributed by atoms with Gasteiger partial charge < -0.3 is 21.1 Å². The van der Waals surface area contributed by atoms with E-state index in [9.17, 15) is 9.59 Å². The Balaban J connectivity index is 2.48. The van der Waals surface area contributed by atoms with Gasteiger partial charge in [0.15, 0.2) is 0 Å². The van der Waals surface area contributed by atoms with Gasteiger partial charge in [-0.3, -0.25) is 4.79 Å². The third-order valence-electron chi connectivity index (χ3n) is 3.62. The minimum absolute atomic E-state index is 0.0183. The highest BCUT2D eigenvalue weighted by atomic mass is 16.3. The predicted molar refractivity (Wildman–Crippen MR) is 67.7 cm³/mol. The van der Waals surface area contributed by atoms with Gasteiger partial charge in [0.2, 0.25) is 5.91 Å². The maximum atomic E-state index is 12.0. The number of primary amides is 1. The highest BCUT2D eigenvalue weighted by Crippen LogP contribution is 2.17. The number of carbonyl (C=O) groups excluding carboxylic acids is 2. The summed E-state index contributed by atoms with van der Waals surface area (Å²) >= 11 is 0. The third kappa shape index (κ3) is 3.87. The maximum absolute atomic E-state index is 12.0. The minimum Gasteiger partial charge on any atom is -0.396 e. The van der Waals surface area contributed by atoms with E-state index in [-0.39, 0.29) is 30.4 Å². The van der Waals surface area contributed by atoms with Crippen LogP contribution in [0.2, 0.25) is 0 Å². The molecule has 0 spiro atoms. The summed E-state index contributed by atoms with van der Waals surface area (Å²) < 4.78 is 0. The predicted octanol–water partition coefficient (Wildman–Crippen LogP) is -0.0898. The van der Waals surface area contributed by atoms with Gasteiger partial charge in [-0.25, -0.2) is 4.79 Å². The fraction of sp³-hybridized carbons (Fsp3) is 0.833. The number of piperidine rings is 1. The Hall–Kier alpha value is -1.30. The van der Waals surface area contributed by atoms with E-state index >= 15 is 0 Å². The molecular formula is C12H23N3O3. The monoisotopic (exact) mass is 257 g/mol. The number of amides is 3. The number of aliphatic hydroxyl groups excluding tert-OH is 1. The van der Waals surface area contributed by atoms with Crippen molar-refractivity contribution in [1.82, 2.24) is 10.2 Å². The summed E-state index contributed by atoms with van der Waals surface area (Å²) in [7, 11) is 0. The number of likely N-dealkylation sites (tertiary alicyclic amines) is 1. The maximum Gasteiger partial charge on any atom is 0.314 e. The first-order chi connectivity index (χ1) is 8.45. The van der Waals surface area contributed by atoms with Gasteiger partial charge in [0.05, 0.1) is 5.92 Å². The average Bonchev–Trinajstić information content (AvgIpc) is 2.37. The van der Waals surface area contributed by atoms with Gasteiger partial charge in [-0.15, -0.1) is 0 Å². The molecule has 1 aliphatic heterocycles. The van der Waals surface area contributed by atoms with Crippen LogP contribution in [0.15, 0.2) is 0 Å². The largest absolute Gasteiger partial charge is 0.396 e. The molecule has 1 heterocycles. The summed E-state index contributed by atoms with van der Waals surface area (Å²) in [5.74, 6) is -0.238. The molecule has 0 saturated carbocycles. The number of hydrogen-bond donors (Lipinski definition) is 3. The van der Waals surface area contributed by atoms with E-state index < -0.39 is 6.03 Å². The van der Waals surface area contributed by atoms with E-state index in [1.54, 1.807) is 0 Å². The van der Waals surface area contributed by atoms with Crippen LogP contribution in [-0.2, 0) is 4.79 Å². The van der Waals surface area contributed by atoms with E-state index in [0.717, 1.165) is 12.8 Å². The summed E-state index contributed by atoms with van der Waals surface area (Å²) in [6.07, 6.45) is 1.57. The lowest BCUT2D eigenvalue weighted by molar-refractivity contribution is -0.127. The Morgan fingerprint density at radius 2 is 2.17 bits per heavy atom. The molecule has 1 rings (SSSR count). The zero-order valence-corrected chi connectivity index (χ0v) is 11.1. The Morgan fingerprint density at radius 1 is 1.50 bits per heavy atom. The van der Waals surface area contributed by atoms with Gasteiger partial charge in [-0.2, -0.15) is 0 Å². The molecule has 3 unspecified atom stereocenters. The normalized spacial score (nSPS) is 23.3. The topological polar surface area (TPSA) is 95.7 Å². The highest BCUT2D eigenvalue weighted by Gasteiger charge is 2.28. The van der Waals surface area contributed by atoms with Crippen LogP contribution in [-0.4, -0.2) is 47.7 Å². The van der Waals surface area contributed by atoms with Crippen molar-refractivity contribution in [3.05, 3.63) is 0 Å². The summed E-state index contributed by atoms with van der Waals surface area (Å²) in [6.45, 7) is 4.80. The molecule has 3 amide bonds. The number of carbonyl (C=O) groups is 2. The van der Waals surface area contributed by atoms with Crippen LogP contribution in [0.1, 0.15) is 26.7 Å². The first-order valence-corrected chi connectivity index (χ1v) is 6.41. The van der Waals surface area contributed by atoms with E-state index in [2.05, 4.69) is 5.32 Å².